The molecule has 0 aromatic rings. The average Bonchev–Trinajstić information content (AvgIpc) is 2.44. The number of allylic oxidation sites excluding steroid dienone is 9. The Balaban J connectivity index is -0.000000249. The lowest BCUT2D eigenvalue weighted by Gasteiger charge is -1.95. The average molecular weight is 288 g/mol. The molecule has 0 spiro atoms. The van der Waals surface area contributed by atoms with Crippen LogP contribution in [0.2, 0.25) is 0 Å². The van der Waals surface area contributed by atoms with Crippen molar-refractivity contribution in [2.75, 3.05) is 0 Å². The van der Waals surface area contributed by atoms with Crippen molar-refractivity contribution < 1.29 is 4.79 Å². The van der Waals surface area contributed by atoms with Crippen LogP contribution >= 0.6 is 0 Å². The van der Waals surface area contributed by atoms with Crippen molar-refractivity contribution in [3.05, 3.63) is 72.4 Å². The first-order valence-corrected chi connectivity index (χ1v) is 6.99. The second-order valence-corrected chi connectivity index (χ2v) is 4.74. The van der Waals surface area contributed by atoms with Crippen molar-refractivity contribution >= 4 is 5.78 Å². The Morgan fingerprint density at radius 1 is 0.762 bits per heavy atom. The first kappa shape index (κ1) is 24.1. The second-order valence-electron chi connectivity index (χ2n) is 4.74. The Labute approximate surface area is 132 Å². The van der Waals surface area contributed by atoms with E-state index in [1.165, 1.54) is 36.1 Å². The van der Waals surface area contributed by atoms with Gasteiger partial charge in [-0.05, 0) is 65.2 Å². The Morgan fingerprint density at radius 2 is 1.10 bits per heavy atom. The van der Waals surface area contributed by atoms with E-state index in [2.05, 4.69) is 39.7 Å². The Morgan fingerprint density at radius 3 is 1.29 bits per heavy atom. The molecular formula is C20H32O. The zero-order valence-corrected chi connectivity index (χ0v) is 14.9. The quantitative estimate of drug-likeness (QED) is 0.549. The number of carbonyl (C=O) groups is 1. The van der Waals surface area contributed by atoms with E-state index in [1.54, 1.807) is 0 Å². The number of Topliss-reactive ketones (excluding diaryl/α,β-unsaturated/α-hetero) is 1. The maximum atomic E-state index is 9.44. The summed E-state index contributed by atoms with van der Waals surface area (Å²) in [6, 6.07) is 0. The lowest BCUT2D eigenvalue weighted by atomic mass is 10.1. The normalized spacial score (nSPS) is 11.8. The highest BCUT2D eigenvalue weighted by molar-refractivity contribution is 5.72. The van der Waals surface area contributed by atoms with Gasteiger partial charge in [-0.25, -0.2) is 0 Å². The van der Waals surface area contributed by atoms with Crippen LogP contribution in [0.4, 0.5) is 0 Å². The van der Waals surface area contributed by atoms with Gasteiger partial charge in [-0.3, -0.25) is 0 Å². The van der Waals surface area contributed by atoms with Gasteiger partial charge in [-0.2, -0.15) is 0 Å². The van der Waals surface area contributed by atoms with Gasteiger partial charge in [0.2, 0.25) is 0 Å². The van der Waals surface area contributed by atoms with E-state index < -0.39 is 0 Å². The van der Waals surface area contributed by atoms with Crippen molar-refractivity contribution in [1.82, 2.24) is 0 Å². The van der Waals surface area contributed by atoms with Crippen molar-refractivity contribution in [2.24, 2.45) is 0 Å². The number of carbonyl (C=O) groups excluding carboxylic acids is 1. The molecule has 0 aromatic heterocycles. The molecular weight excluding hydrogens is 256 g/mol. The number of ketones is 1. The highest BCUT2D eigenvalue weighted by Crippen LogP contribution is 2.06. The predicted octanol–water partition coefficient (Wildman–Crippen LogP) is 6.38. The van der Waals surface area contributed by atoms with Crippen LogP contribution < -0.4 is 0 Å². The largest absolute Gasteiger partial charge is 0.300 e. The maximum Gasteiger partial charge on any atom is 0.126 e. The molecule has 118 valence electrons. The number of rotatable bonds is 4. The SMILES string of the molecule is C=C/C(C)=C(/C)C=C.C=C/C=C(C)\C(C)=C/C.CC(C)=O. The summed E-state index contributed by atoms with van der Waals surface area (Å²) in [4.78, 5) is 9.44. The van der Waals surface area contributed by atoms with E-state index in [0.29, 0.717) is 0 Å². The smallest absolute Gasteiger partial charge is 0.126 e. The minimum atomic E-state index is 0.167. The van der Waals surface area contributed by atoms with E-state index in [0.717, 1.165) is 0 Å². The molecule has 0 fully saturated rings. The Kier molecular flexibility index (Phi) is 18.6. The van der Waals surface area contributed by atoms with Gasteiger partial charge in [-0.15, -0.1) is 0 Å². The Bertz CT molecular complexity index is 409. The van der Waals surface area contributed by atoms with Gasteiger partial charge >= 0.3 is 0 Å². The van der Waals surface area contributed by atoms with Crippen molar-refractivity contribution in [3.8, 4) is 0 Å². The third kappa shape index (κ3) is 20.6. The lowest BCUT2D eigenvalue weighted by Crippen LogP contribution is -1.75. The summed E-state index contributed by atoms with van der Waals surface area (Å²) < 4.78 is 0. The minimum absolute atomic E-state index is 0.167. The van der Waals surface area contributed by atoms with Crippen molar-refractivity contribution in [2.45, 2.75) is 48.5 Å². The highest BCUT2D eigenvalue weighted by atomic mass is 16.1. The molecule has 0 saturated carbocycles. The molecule has 0 aliphatic rings. The van der Waals surface area contributed by atoms with Gasteiger partial charge in [-0.1, -0.05) is 55.7 Å². The van der Waals surface area contributed by atoms with Crippen LogP contribution in [0.25, 0.3) is 0 Å². The van der Waals surface area contributed by atoms with Crippen LogP contribution in [0.3, 0.4) is 0 Å². The molecule has 0 unspecified atom stereocenters. The van der Waals surface area contributed by atoms with Crippen LogP contribution in [0.5, 0.6) is 0 Å². The third-order valence-corrected chi connectivity index (χ3v) is 2.66. The van der Waals surface area contributed by atoms with E-state index in [4.69, 9.17) is 0 Å². The molecule has 0 aliphatic carbocycles. The molecule has 0 rings (SSSR count). The van der Waals surface area contributed by atoms with Crippen LogP contribution in [-0.2, 0) is 4.79 Å². The molecule has 0 N–H and O–H groups in total. The van der Waals surface area contributed by atoms with Crippen LogP contribution in [0, 0.1) is 0 Å². The molecule has 0 bridgehead atoms. The molecule has 0 atom stereocenters. The molecule has 0 heterocycles. The van der Waals surface area contributed by atoms with Gasteiger partial charge < -0.3 is 4.79 Å². The summed E-state index contributed by atoms with van der Waals surface area (Å²) in [5.74, 6) is 0.167. The summed E-state index contributed by atoms with van der Waals surface area (Å²) in [5.41, 5.74) is 4.99. The Hall–Kier alpha value is -1.89. The fourth-order valence-corrected chi connectivity index (χ4v) is 0.858. The molecule has 0 radical (unpaired) electrons. The zero-order chi connectivity index (χ0) is 17.4. The molecule has 1 heteroatoms. The standard InChI is InChI=1S/C9H14.C8H12.C3H6O/c1-5-7-9(4)8(3)6-2;1-5-7(3)8(4)6-2;1-3(2)4/h5-7H,1H2,2-4H3;5-6H,1-2H2,3-4H3;1-2H3/b8-6-,9-7-;8-7-;. The summed E-state index contributed by atoms with van der Waals surface area (Å²) in [6.07, 6.45) is 9.57. The van der Waals surface area contributed by atoms with E-state index in [1.807, 2.05) is 45.1 Å². The maximum absolute atomic E-state index is 9.44. The lowest BCUT2D eigenvalue weighted by molar-refractivity contribution is -0.114. The molecule has 0 aliphatic heterocycles. The number of hydrogen-bond acceptors (Lipinski definition) is 1. The fourth-order valence-electron chi connectivity index (χ4n) is 0.858. The van der Waals surface area contributed by atoms with E-state index >= 15 is 0 Å². The topological polar surface area (TPSA) is 17.1 Å². The van der Waals surface area contributed by atoms with Crippen LogP contribution in [0.15, 0.2) is 72.4 Å². The van der Waals surface area contributed by atoms with Gasteiger partial charge in [0.15, 0.2) is 0 Å². The van der Waals surface area contributed by atoms with Crippen molar-refractivity contribution in [1.29, 1.82) is 0 Å². The summed E-state index contributed by atoms with van der Waals surface area (Å²) in [5, 5.41) is 0. The first-order chi connectivity index (χ1) is 9.67. The van der Waals surface area contributed by atoms with E-state index in [9.17, 15) is 4.79 Å². The molecule has 21 heavy (non-hydrogen) atoms. The van der Waals surface area contributed by atoms with Crippen molar-refractivity contribution in [3.63, 3.8) is 0 Å². The predicted molar refractivity (Wildman–Crippen MR) is 98.5 cm³/mol. The molecule has 0 aromatic carbocycles. The van der Waals surface area contributed by atoms with Gasteiger partial charge in [0.25, 0.3) is 0 Å². The van der Waals surface area contributed by atoms with Gasteiger partial charge in [0.1, 0.15) is 5.78 Å². The van der Waals surface area contributed by atoms with Gasteiger partial charge in [0.05, 0.1) is 0 Å². The van der Waals surface area contributed by atoms with E-state index in [-0.39, 0.29) is 5.78 Å². The second kappa shape index (κ2) is 16.2. The summed E-state index contributed by atoms with van der Waals surface area (Å²) >= 11 is 0. The highest BCUT2D eigenvalue weighted by Gasteiger charge is 1.85. The summed E-state index contributed by atoms with van der Waals surface area (Å²) in [7, 11) is 0. The van der Waals surface area contributed by atoms with Crippen LogP contribution in [0.1, 0.15) is 48.5 Å². The zero-order valence-electron chi connectivity index (χ0n) is 14.9. The third-order valence-electron chi connectivity index (χ3n) is 2.66. The summed E-state index contributed by atoms with van der Waals surface area (Å²) in [6.45, 7) is 24.2. The molecule has 0 saturated heterocycles. The fraction of sp³-hybridized carbons (Fsp3) is 0.350. The minimum Gasteiger partial charge on any atom is -0.300 e. The molecule has 0 amide bonds. The van der Waals surface area contributed by atoms with Gasteiger partial charge in [0, 0.05) is 0 Å². The monoisotopic (exact) mass is 288 g/mol. The number of hydrogen-bond donors (Lipinski definition) is 0. The van der Waals surface area contributed by atoms with Crippen LogP contribution in [-0.4, -0.2) is 5.78 Å². The molecule has 1 nitrogen and oxygen atoms in total. The first-order valence-electron chi connectivity index (χ1n) is 6.99.